The Morgan fingerprint density at radius 2 is 2.17 bits per heavy atom. The standard InChI is InChI=1S/C11H22N4O2S/c1-2-5-12-6-3-8-18(16,17)15-7-4-11-9-13-10-14-11/h9-10,12,15H,2-8H2,1H3,(H,13,14). The molecule has 0 unspecified atom stereocenters. The molecule has 0 amide bonds. The van der Waals surface area contributed by atoms with Crippen LogP contribution in [0.1, 0.15) is 25.5 Å². The summed E-state index contributed by atoms with van der Waals surface area (Å²) < 4.78 is 25.8. The van der Waals surface area contributed by atoms with E-state index in [1.54, 1.807) is 12.5 Å². The van der Waals surface area contributed by atoms with E-state index in [4.69, 9.17) is 0 Å². The second-order valence-electron chi connectivity index (χ2n) is 4.14. The highest BCUT2D eigenvalue weighted by Gasteiger charge is 2.08. The van der Waals surface area contributed by atoms with Gasteiger partial charge in [0, 0.05) is 24.9 Å². The summed E-state index contributed by atoms with van der Waals surface area (Å²) in [4.78, 5) is 6.81. The van der Waals surface area contributed by atoms with Crippen molar-refractivity contribution in [3.05, 3.63) is 18.2 Å². The van der Waals surface area contributed by atoms with Crippen LogP contribution in [0.25, 0.3) is 0 Å². The molecule has 1 rings (SSSR count). The first-order valence-corrected chi connectivity index (χ1v) is 7.94. The molecule has 104 valence electrons. The molecule has 3 N–H and O–H groups in total. The van der Waals surface area contributed by atoms with Crippen molar-refractivity contribution >= 4 is 10.0 Å². The number of imidazole rings is 1. The normalized spacial score (nSPS) is 11.8. The fourth-order valence-electron chi connectivity index (χ4n) is 1.52. The summed E-state index contributed by atoms with van der Waals surface area (Å²) in [5.41, 5.74) is 0.933. The molecule has 7 heteroatoms. The highest BCUT2D eigenvalue weighted by Crippen LogP contribution is 1.93. The molecular weight excluding hydrogens is 252 g/mol. The average Bonchev–Trinajstić information content (AvgIpc) is 2.81. The molecular formula is C11H22N4O2S. The van der Waals surface area contributed by atoms with Crippen molar-refractivity contribution in [1.29, 1.82) is 0 Å². The van der Waals surface area contributed by atoms with Gasteiger partial charge in [-0.15, -0.1) is 0 Å². The number of aromatic nitrogens is 2. The number of aromatic amines is 1. The van der Waals surface area contributed by atoms with Gasteiger partial charge in [-0.2, -0.15) is 0 Å². The second-order valence-corrected chi connectivity index (χ2v) is 6.07. The summed E-state index contributed by atoms with van der Waals surface area (Å²) in [7, 11) is -3.15. The third-order valence-corrected chi connectivity index (χ3v) is 3.93. The number of sulfonamides is 1. The first-order chi connectivity index (χ1) is 8.64. The van der Waals surface area contributed by atoms with Gasteiger partial charge in [0.25, 0.3) is 0 Å². The Morgan fingerprint density at radius 3 is 2.83 bits per heavy atom. The summed E-state index contributed by atoms with van der Waals surface area (Å²) >= 11 is 0. The summed E-state index contributed by atoms with van der Waals surface area (Å²) in [6.45, 7) is 4.18. The Kier molecular flexibility index (Phi) is 6.92. The van der Waals surface area contributed by atoms with Gasteiger partial charge in [-0.25, -0.2) is 18.1 Å². The van der Waals surface area contributed by atoms with E-state index in [1.807, 2.05) is 0 Å². The van der Waals surface area contributed by atoms with Crippen LogP contribution in [0, 0.1) is 0 Å². The smallest absolute Gasteiger partial charge is 0.211 e. The molecule has 0 radical (unpaired) electrons. The van der Waals surface area contributed by atoms with E-state index in [-0.39, 0.29) is 5.75 Å². The fourth-order valence-corrected chi connectivity index (χ4v) is 2.61. The third kappa shape index (κ3) is 6.73. The Morgan fingerprint density at radius 1 is 1.33 bits per heavy atom. The van der Waals surface area contributed by atoms with Crippen molar-refractivity contribution in [1.82, 2.24) is 20.0 Å². The summed E-state index contributed by atoms with van der Waals surface area (Å²) in [5, 5.41) is 3.18. The van der Waals surface area contributed by atoms with E-state index in [1.165, 1.54) is 0 Å². The summed E-state index contributed by atoms with van der Waals surface area (Å²) in [6.07, 6.45) is 5.62. The van der Waals surface area contributed by atoms with E-state index in [2.05, 4.69) is 26.9 Å². The predicted octanol–water partition coefficient (Wildman–Crippen LogP) is 0.261. The van der Waals surface area contributed by atoms with Crippen molar-refractivity contribution in [2.75, 3.05) is 25.4 Å². The molecule has 1 aromatic rings. The minimum atomic E-state index is -3.15. The molecule has 0 fully saturated rings. The van der Waals surface area contributed by atoms with Crippen LogP contribution in [-0.2, 0) is 16.4 Å². The highest BCUT2D eigenvalue weighted by molar-refractivity contribution is 7.89. The minimum absolute atomic E-state index is 0.173. The van der Waals surface area contributed by atoms with E-state index >= 15 is 0 Å². The van der Waals surface area contributed by atoms with Crippen LogP contribution < -0.4 is 10.0 Å². The molecule has 0 aliphatic heterocycles. The number of hydrogen-bond donors (Lipinski definition) is 3. The van der Waals surface area contributed by atoms with E-state index < -0.39 is 10.0 Å². The van der Waals surface area contributed by atoms with E-state index in [9.17, 15) is 8.42 Å². The number of H-pyrrole nitrogens is 1. The van der Waals surface area contributed by atoms with Gasteiger partial charge in [0.2, 0.25) is 10.0 Å². The molecule has 1 aromatic heterocycles. The van der Waals surface area contributed by atoms with Gasteiger partial charge >= 0.3 is 0 Å². The maximum Gasteiger partial charge on any atom is 0.211 e. The summed E-state index contributed by atoms with van der Waals surface area (Å²) in [5.74, 6) is 0.173. The number of rotatable bonds is 10. The number of hydrogen-bond acceptors (Lipinski definition) is 4. The van der Waals surface area contributed by atoms with Crippen LogP contribution in [-0.4, -0.2) is 43.8 Å². The lowest BCUT2D eigenvalue weighted by molar-refractivity contribution is 0.574. The van der Waals surface area contributed by atoms with Crippen LogP contribution in [0.4, 0.5) is 0 Å². The van der Waals surface area contributed by atoms with Crippen molar-refractivity contribution < 1.29 is 8.42 Å². The van der Waals surface area contributed by atoms with Crippen molar-refractivity contribution in [2.45, 2.75) is 26.2 Å². The quantitative estimate of drug-likeness (QED) is 0.534. The molecule has 6 nitrogen and oxygen atoms in total. The molecule has 18 heavy (non-hydrogen) atoms. The molecule has 0 aromatic carbocycles. The summed E-state index contributed by atoms with van der Waals surface area (Å²) in [6, 6.07) is 0. The molecule has 0 saturated carbocycles. The molecule has 0 atom stereocenters. The monoisotopic (exact) mass is 274 g/mol. The molecule has 1 heterocycles. The minimum Gasteiger partial charge on any atom is -0.348 e. The van der Waals surface area contributed by atoms with Crippen LogP contribution >= 0.6 is 0 Å². The van der Waals surface area contributed by atoms with Gasteiger partial charge in [0.05, 0.1) is 12.1 Å². The Labute approximate surface area is 109 Å². The molecule has 0 aliphatic carbocycles. The SMILES string of the molecule is CCCNCCCS(=O)(=O)NCCc1cnc[nH]1. The van der Waals surface area contributed by atoms with E-state index in [0.29, 0.717) is 19.4 Å². The predicted molar refractivity (Wildman–Crippen MR) is 71.9 cm³/mol. The zero-order valence-corrected chi connectivity index (χ0v) is 11.6. The fraction of sp³-hybridized carbons (Fsp3) is 0.727. The lowest BCUT2D eigenvalue weighted by Gasteiger charge is -2.06. The van der Waals surface area contributed by atoms with Gasteiger partial charge in [0.1, 0.15) is 0 Å². The average molecular weight is 274 g/mol. The van der Waals surface area contributed by atoms with Crippen LogP contribution in [0.3, 0.4) is 0 Å². The zero-order valence-electron chi connectivity index (χ0n) is 10.8. The largest absolute Gasteiger partial charge is 0.348 e. The molecule has 0 spiro atoms. The molecule has 0 saturated heterocycles. The maximum atomic E-state index is 11.6. The van der Waals surface area contributed by atoms with Gasteiger partial charge in [-0.3, -0.25) is 0 Å². The molecule has 0 aliphatic rings. The van der Waals surface area contributed by atoms with Crippen LogP contribution in [0.15, 0.2) is 12.5 Å². The highest BCUT2D eigenvalue weighted by atomic mass is 32.2. The third-order valence-electron chi connectivity index (χ3n) is 2.46. The van der Waals surface area contributed by atoms with Crippen LogP contribution in [0.2, 0.25) is 0 Å². The van der Waals surface area contributed by atoms with Crippen molar-refractivity contribution in [2.24, 2.45) is 0 Å². The Balaban J connectivity index is 2.11. The Bertz CT molecular complexity index is 403. The first-order valence-electron chi connectivity index (χ1n) is 6.29. The lowest BCUT2D eigenvalue weighted by atomic mass is 10.3. The van der Waals surface area contributed by atoms with E-state index in [0.717, 1.165) is 25.2 Å². The van der Waals surface area contributed by atoms with Gasteiger partial charge in [-0.1, -0.05) is 6.92 Å². The number of nitrogens with one attached hydrogen (secondary N) is 3. The molecule has 0 bridgehead atoms. The number of nitrogens with zero attached hydrogens (tertiary/aromatic N) is 1. The van der Waals surface area contributed by atoms with Gasteiger partial charge in [0.15, 0.2) is 0 Å². The topological polar surface area (TPSA) is 86.9 Å². The maximum absolute atomic E-state index is 11.6. The second kappa shape index (κ2) is 8.23. The van der Waals surface area contributed by atoms with Crippen LogP contribution in [0.5, 0.6) is 0 Å². The first kappa shape index (κ1) is 15.1. The van der Waals surface area contributed by atoms with Gasteiger partial charge in [-0.05, 0) is 25.9 Å². The lowest BCUT2D eigenvalue weighted by Crippen LogP contribution is -2.30. The van der Waals surface area contributed by atoms with Gasteiger partial charge < -0.3 is 10.3 Å². The van der Waals surface area contributed by atoms with Crippen molar-refractivity contribution in [3.8, 4) is 0 Å². The van der Waals surface area contributed by atoms with Crippen molar-refractivity contribution in [3.63, 3.8) is 0 Å². The Hall–Kier alpha value is -0.920. The zero-order chi connectivity index (χ0) is 13.3.